The molecule has 2 fully saturated rings. The van der Waals surface area contributed by atoms with E-state index in [1.165, 1.54) is 0 Å². The minimum Gasteiger partial charge on any atom is -0.378 e. The number of alkyl halides is 2. The van der Waals surface area contributed by atoms with Crippen LogP contribution in [0.2, 0.25) is 0 Å². The Hall–Kier alpha value is -0.260. The number of piperidine rings is 2. The minimum atomic E-state index is -0.957. The predicted molar refractivity (Wildman–Crippen MR) is 85.7 cm³/mol. The van der Waals surface area contributed by atoms with E-state index in [0.717, 1.165) is 6.54 Å². The molecular formula is C17H32F2N2O. The summed E-state index contributed by atoms with van der Waals surface area (Å²) in [4.78, 5) is 4.62. The summed E-state index contributed by atoms with van der Waals surface area (Å²) in [5, 5.41) is 0. The van der Waals surface area contributed by atoms with Crippen molar-refractivity contribution in [3.63, 3.8) is 0 Å². The molecule has 0 saturated carbocycles. The summed E-state index contributed by atoms with van der Waals surface area (Å²) in [6.07, 6.45) is -0.244. The number of nitrogens with zero attached hydrogens (tertiary/aromatic N) is 2. The van der Waals surface area contributed by atoms with E-state index < -0.39 is 12.3 Å². The lowest BCUT2D eigenvalue weighted by Gasteiger charge is -2.51. The molecule has 0 amide bonds. The third-order valence-corrected chi connectivity index (χ3v) is 5.39. The van der Waals surface area contributed by atoms with Crippen LogP contribution in [0, 0.1) is 0 Å². The van der Waals surface area contributed by atoms with E-state index in [4.69, 9.17) is 4.74 Å². The standard InChI is InChI=1S/C17H32F2N2O/c1-11(2)20-7-6-13(18)8-15(20)16-9-17(22-5)14(19)10-21(16)12(3)4/h11-17H,6-10H2,1-5H3. The van der Waals surface area contributed by atoms with Crippen molar-refractivity contribution in [1.82, 2.24) is 9.80 Å². The Morgan fingerprint density at radius 2 is 1.55 bits per heavy atom. The van der Waals surface area contributed by atoms with E-state index in [9.17, 15) is 8.78 Å². The van der Waals surface area contributed by atoms with Crippen molar-refractivity contribution in [2.75, 3.05) is 20.2 Å². The first-order chi connectivity index (χ1) is 10.3. The Kier molecular flexibility index (Phi) is 6.20. The molecule has 2 aliphatic heterocycles. The fourth-order valence-electron chi connectivity index (χ4n) is 4.18. The second-order valence-electron chi connectivity index (χ2n) is 7.40. The van der Waals surface area contributed by atoms with Gasteiger partial charge in [-0.25, -0.2) is 8.78 Å². The number of hydrogen-bond donors (Lipinski definition) is 0. The van der Waals surface area contributed by atoms with Crippen LogP contribution in [0.15, 0.2) is 0 Å². The molecule has 0 bridgehead atoms. The van der Waals surface area contributed by atoms with Crippen LogP contribution in [0.4, 0.5) is 8.78 Å². The van der Waals surface area contributed by atoms with Gasteiger partial charge >= 0.3 is 0 Å². The maximum absolute atomic E-state index is 14.3. The monoisotopic (exact) mass is 318 g/mol. The molecule has 5 heteroatoms. The van der Waals surface area contributed by atoms with Gasteiger partial charge in [-0.2, -0.15) is 0 Å². The third-order valence-electron chi connectivity index (χ3n) is 5.39. The van der Waals surface area contributed by atoms with Crippen LogP contribution >= 0.6 is 0 Å². The number of rotatable bonds is 4. The number of hydrogen-bond acceptors (Lipinski definition) is 3. The quantitative estimate of drug-likeness (QED) is 0.792. The molecule has 5 unspecified atom stereocenters. The van der Waals surface area contributed by atoms with Crippen LogP contribution in [-0.4, -0.2) is 72.6 Å². The summed E-state index contributed by atoms with van der Waals surface area (Å²) in [5.41, 5.74) is 0. The number of halogens is 2. The SMILES string of the molecule is COC1CC(C2CC(F)CCN2C(C)C)N(C(C)C)CC1F. The molecule has 3 nitrogen and oxygen atoms in total. The van der Waals surface area contributed by atoms with Crippen LogP contribution < -0.4 is 0 Å². The molecule has 0 radical (unpaired) electrons. The maximum atomic E-state index is 14.3. The van der Waals surface area contributed by atoms with Gasteiger partial charge in [0.15, 0.2) is 0 Å². The lowest BCUT2D eigenvalue weighted by Crippen LogP contribution is -2.63. The van der Waals surface area contributed by atoms with Crippen molar-refractivity contribution in [3.05, 3.63) is 0 Å². The molecular weight excluding hydrogens is 286 g/mol. The van der Waals surface area contributed by atoms with E-state index in [1.807, 2.05) is 0 Å². The highest BCUT2D eigenvalue weighted by molar-refractivity contribution is 4.99. The fraction of sp³-hybridized carbons (Fsp3) is 1.00. The highest BCUT2D eigenvalue weighted by Crippen LogP contribution is 2.33. The second-order valence-corrected chi connectivity index (χ2v) is 7.40. The smallest absolute Gasteiger partial charge is 0.139 e. The topological polar surface area (TPSA) is 15.7 Å². The summed E-state index contributed by atoms with van der Waals surface area (Å²) in [6.45, 7) is 9.72. The number of methoxy groups -OCH3 is 1. The Balaban J connectivity index is 2.22. The van der Waals surface area contributed by atoms with Gasteiger partial charge in [0.2, 0.25) is 0 Å². The van der Waals surface area contributed by atoms with E-state index in [0.29, 0.717) is 31.8 Å². The molecule has 0 aromatic heterocycles. The first-order valence-corrected chi connectivity index (χ1v) is 8.67. The zero-order valence-corrected chi connectivity index (χ0v) is 14.6. The molecule has 0 N–H and O–H groups in total. The Labute approximate surface area is 134 Å². The van der Waals surface area contributed by atoms with Gasteiger partial charge in [0.1, 0.15) is 12.3 Å². The van der Waals surface area contributed by atoms with E-state index in [1.54, 1.807) is 7.11 Å². The average molecular weight is 318 g/mol. The average Bonchev–Trinajstić information content (AvgIpc) is 2.46. The molecule has 0 aliphatic carbocycles. The van der Waals surface area contributed by atoms with Crippen LogP contribution in [0.1, 0.15) is 47.0 Å². The molecule has 0 aromatic rings. The highest BCUT2D eigenvalue weighted by Gasteiger charge is 2.44. The van der Waals surface area contributed by atoms with Gasteiger partial charge in [-0.05, 0) is 47.0 Å². The normalized spacial score (nSPS) is 38.9. The predicted octanol–water partition coefficient (Wildman–Crippen LogP) is 3.03. The van der Waals surface area contributed by atoms with Crippen molar-refractivity contribution in [3.8, 4) is 0 Å². The summed E-state index contributed by atoms with van der Waals surface area (Å²) < 4.78 is 33.7. The molecule has 2 heterocycles. The minimum absolute atomic E-state index is 0.149. The summed E-state index contributed by atoms with van der Waals surface area (Å²) >= 11 is 0. The lowest BCUT2D eigenvalue weighted by atomic mass is 9.85. The van der Waals surface area contributed by atoms with E-state index >= 15 is 0 Å². The molecule has 22 heavy (non-hydrogen) atoms. The van der Waals surface area contributed by atoms with Gasteiger partial charge in [-0.15, -0.1) is 0 Å². The van der Waals surface area contributed by atoms with Gasteiger partial charge in [0, 0.05) is 44.4 Å². The highest BCUT2D eigenvalue weighted by atomic mass is 19.1. The van der Waals surface area contributed by atoms with Gasteiger partial charge in [-0.1, -0.05) is 0 Å². The molecule has 130 valence electrons. The maximum Gasteiger partial charge on any atom is 0.139 e. The van der Waals surface area contributed by atoms with Gasteiger partial charge < -0.3 is 4.74 Å². The Bertz CT molecular complexity index is 354. The van der Waals surface area contributed by atoms with Crippen molar-refractivity contribution in [2.24, 2.45) is 0 Å². The summed E-state index contributed by atoms with van der Waals surface area (Å²) in [5.74, 6) is 0. The van der Waals surface area contributed by atoms with E-state index in [2.05, 4.69) is 37.5 Å². The van der Waals surface area contributed by atoms with Gasteiger partial charge in [0.05, 0.1) is 6.10 Å². The van der Waals surface area contributed by atoms with Crippen molar-refractivity contribution >= 4 is 0 Å². The number of likely N-dealkylation sites (tertiary alicyclic amines) is 2. The molecule has 2 saturated heterocycles. The zero-order chi connectivity index (χ0) is 16.4. The van der Waals surface area contributed by atoms with Gasteiger partial charge in [0.25, 0.3) is 0 Å². The first-order valence-electron chi connectivity index (χ1n) is 8.67. The molecule has 0 aromatic carbocycles. The van der Waals surface area contributed by atoms with Crippen LogP contribution in [-0.2, 0) is 4.74 Å². The van der Waals surface area contributed by atoms with Crippen molar-refractivity contribution < 1.29 is 13.5 Å². The Morgan fingerprint density at radius 1 is 0.955 bits per heavy atom. The van der Waals surface area contributed by atoms with Crippen molar-refractivity contribution in [2.45, 2.75) is 89.6 Å². The van der Waals surface area contributed by atoms with Crippen LogP contribution in [0.5, 0.6) is 0 Å². The van der Waals surface area contributed by atoms with Crippen LogP contribution in [0.25, 0.3) is 0 Å². The molecule has 2 aliphatic rings. The lowest BCUT2D eigenvalue weighted by molar-refractivity contribution is -0.0897. The largest absolute Gasteiger partial charge is 0.378 e. The fourth-order valence-corrected chi connectivity index (χ4v) is 4.18. The first kappa shape index (κ1) is 18.1. The molecule has 0 spiro atoms. The number of ether oxygens (including phenoxy) is 1. The van der Waals surface area contributed by atoms with Crippen molar-refractivity contribution in [1.29, 1.82) is 0 Å². The molecule has 2 rings (SSSR count). The van der Waals surface area contributed by atoms with Gasteiger partial charge in [-0.3, -0.25) is 9.80 Å². The summed E-state index contributed by atoms with van der Waals surface area (Å²) in [6, 6.07) is 0.958. The zero-order valence-electron chi connectivity index (χ0n) is 14.6. The van der Waals surface area contributed by atoms with Crippen LogP contribution in [0.3, 0.4) is 0 Å². The second kappa shape index (κ2) is 7.54. The third kappa shape index (κ3) is 3.80. The molecule has 5 atom stereocenters. The Morgan fingerprint density at radius 3 is 2.09 bits per heavy atom. The van der Waals surface area contributed by atoms with E-state index in [-0.39, 0.29) is 24.2 Å². The summed E-state index contributed by atoms with van der Waals surface area (Å²) in [7, 11) is 1.58.